The number of nitrogens with one attached hydrogen (secondary N) is 2. The summed E-state index contributed by atoms with van der Waals surface area (Å²) in [6.07, 6.45) is 0. The van der Waals surface area contributed by atoms with E-state index in [1.165, 1.54) is 0 Å². The van der Waals surface area contributed by atoms with Crippen molar-refractivity contribution in [1.29, 1.82) is 0 Å². The Labute approximate surface area is 97.5 Å². The minimum Gasteiger partial charge on any atom is -0.358 e. The van der Waals surface area contributed by atoms with E-state index in [2.05, 4.69) is 19.4 Å². The van der Waals surface area contributed by atoms with Crippen LogP contribution in [0.25, 0.3) is 0 Å². The number of halogens is 1. The van der Waals surface area contributed by atoms with Crippen molar-refractivity contribution in [2.45, 2.75) is 13.8 Å². The van der Waals surface area contributed by atoms with Crippen molar-refractivity contribution in [3.63, 3.8) is 0 Å². The molecule has 0 unspecified atom stereocenters. The summed E-state index contributed by atoms with van der Waals surface area (Å²) in [6, 6.07) is 0. The molecular weight excluding hydrogens is 236 g/mol. The summed E-state index contributed by atoms with van der Waals surface area (Å²) < 4.78 is 7.66. The standard InChI is InChI=1S/C8H13ClN4OS/c1-5(2)3-10-6(14)4-11-8-7(9)12-15-13-8/h5H,3-4H2,1-2H3,(H,10,14)(H,11,13). The highest BCUT2D eigenvalue weighted by Crippen LogP contribution is 2.16. The van der Waals surface area contributed by atoms with Gasteiger partial charge < -0.3 is 10.6 Å². The number of amides is 1. The van der Waals surface area contributed by atoms with Crippen LogP contribution in [-0.2, 0) is 4.79 Å². The van der Waals surface area contributed by atoms with E-state index in [0.717, 1.165) is 11.7 Å². The molecule has 0 fully saturated rings. The number of carbonyl (C=O) groups is 1. The molecular formula is C8H13ClN4OS. The van der Waals surface area contributed by atoms with Gasteiger partial charge in [0, 0.05) is 6.54 Å². The molecule has 1 aromatic heterocycles. The molecule has 0 bridgehead atoms. The lowest BCUT2D eigenvalue weighted by Gasteiger charge is -2.07. The molecule has 1 heterocycles. The van der Waals surface area contributed by atoms with E-state index in [-0.39, 0.29) is 12.5 Å². The fraction of sp³-hybridized carbons (Fsp3) is 0.625. The van der Waals surface area contributed by atoms with E-state index in [9.17, 15) is 4.79 Å². The first-order valence-electron chi connectivity index (χ1n) is 4.58. The first kappa shape index (κ1) is 12.2. The van der Waals surface area contributed by atoms with Gasteiger partial charge in [-0.3, -0.25) is 4.79 Å². The molecule has 1 rings (SSSR count). The van der Waals surface area contributed by atoms with Gasteiger partial charge in [-0.15, -0.1) is 0 Å². The molecule has 0 aliphatic rings. The number of hydrogen-bond acceptors (Lipinski definition) is 5. The summed E-state index contributed by atoms with van der Waals surface area (Å²) in [7, 11) is 0. The van der Waals surface area contributed by atoms with E-state index < -0.39 is 0 Å². The van der Waals surface area contributed by atoms with Gasteiger partial charge in [0.1, 0.15) is 0 Å². The zero-order valence-electron chi connectivity index (χ0n) is 8.58. The Balaban J connectivity index is 2.26. The van der Waals surface area contributed by atoms with Crippen LogP contribution >= 0.6 is 23.3 Å². The summed E-state index contributed by atoms with van der Waals surface area (Å²) in [4.78, 5) is 11.3. The predicted octanol–water partition coefficient (Wildman–Crippen LogP) is 1.38. The summed E-state index contributed by atoms with van der Waals surface area (Å²) in [5.74, 6) is 0.826. The van der Waals surface area contributed by atoms with Crippen molar-refractivity contribution in [1.82, 2.24) is 14.1 Å². The molecule has 84 valence electrons. The summed E-state index contributed by atoms with van der Waals surface area (Å²) >= 11 is 6.70. The van der Waals surface area contributed by atoms with E-state index >= 15 is 0 Å². The Morgan fingerprint density at radius 1 is 1.53 bits per heavy atom. The Kier molecular flexibility index (Phi) is 4.77. The SMILES string of the molecule is CC(C)CNC(=O)CNc1nsnc1Cl. The predicted molar refractivity (Wildman–Crippen MR) is 61.3 cm³/mol. The van der Waals surface area contributed by atoms with Crippen LogP contribution in [0.1, 0.15) is 13.8 Å². The van der Waals surface area contributed by atoms with Gasteiger partial charge >= 0.3 is 0 Å². The van der Waals surface area contributed by atoms with Crippen LogP contribution in [0.4, 0.5) is 5.82 Å². The van der Waals surface area contributed by atoms with Crippen molar-refractivity contribution in [3.8, 4) is 0 Å². The minimum atomic E-state index is -0.0761. The Bertz CT molecular complexity index is 328. The molecule has 1 aromatic rings. The number of anilines is 1. The van der Waals surface area contributed by atoms with Crippen molar-refractivity contribution in [2.75, 3.05) is 18.4 Å². The van der Waals surface area contributed by atoms with Crippen LogP contribution in [0.3, 0.4) is 0 Å². The van der Waals surface area contributed by atoms with Crippen molar-refractivity contribution < 1.29 is 4.79 Å². The highest BCUT2D eigenvalue weighted by molar-refractivity contribution is 6.99. The van der Waals surface area contributed by atoms with Gasteiger partial charge in [0.05, 0.1) is 18.3 Å². The molecule has 2 N–H and O–H groups in total. The van der Waals surface area contributed by atoms with Gasteiger partial charge in [-0.05, 0) is 5.92 Å². The molecule has 7 heteroatoms. The first-order chi connectivity index (χ1) is 7.09. The zero-order valence-corrected chi connectivity index (χ0v) is 10.2. The largest absolute Gasteiger partial charge is 0.358 e. The van der Waals surface area contributed by atoms with Gasteiger partial charge in [0.2, 0.25) is 5.91 Å². The lowest BCUT2D eigenvalue weighted by molar-refractivity contribution is -0.119. The van der Waals surface area contributed by atoms with E-state index in [1.54, 1.807) is 0 Å². The molecule has 5 nitrogen and oxygen atoms in total. The molecule has 1 amide bonds. The maximum atomic E-state index is 11.3. The third kappa shape index (κ3) is 4.44. The maximum absolute atomic E-state index is 11.3. The summed E-state index contributed by atoms with van der Waals surface area (Å²) in [5, 5.41) is 5.89. The summed E-state index contributed by atoms with van der Waals surface area (Å²) in [6.45, 7) is 4.91. The lowest BCUT2D eigenvalue weighted by Crippen LogP contribution is -2.32. The topological polar surface area (TPSA) is 66.9 Å². The fourth-order valence-corrected chi connectivity index (χ4v) is 1.51. The molecule has 0 saturated carbocycles. The van der Waals surface area contributed by atoms with Crippen molar-refractivity contribution >= 4 is 35.1 Å². The number of hydrogen-bond donors (Lipinski definition) is 2. The van der Waals surface area contributed by atoms with Gasteiger partial charge in [-0.2, -0.15) is 8.75 Å². The van der Waals surface area contributed by atoms with Crippen LogP contribution in [0.5, 0.6) is 0 Å². The minimum absolute atomic E-state index is 0.0761. The van der Waals surface area contributed by atoms with E-state index in [1.807, 2.05) is 13.8 Å². The quantitative estimate of drug-likeness (QED) is 0.826. The molecule has 0 aliphatic heterocycles. The number of nitrogens with zero attached hydrogens (tertiary/aromatic N) is 2. The number of aromatic nitrogens is 2. The van der Waals surface area contributed by atoms with Gasteiger partial charge in [0.15, 0.2) is 11.0 Å². The molecule has 0 radical (unpaired) electrons. The number of carbonyl (C=O) groups excluding carboxylic acids is 1. The smallest absolute Gasteiger partial charge is 0.239 e. The van der Waals surface area contributed by atoms with Crippen molar-refractivity contribution in [2.24, 2.45) is 5.92 Å². The number of rotatable bonds is 5. The van der Waals surface area contributed by atoms with E-state index in [0.29, 0.717) is 23.4 Å². The molecule has 0 atom stereocenters. The molecule has 0 saturated heterocycles. The Morgan fingerprint density at radius 3 is 2.80 bits per heavy atom. The second kappa shape index (κ2) is 5.87. The third-order valence-corrected chi connectivity index (χ3v) is 2.46. The average Bonchev–Trinajstić information content (AvgIpc) is 2.58. The van der Waals surface area contributed by atoms with E-state index in [4.69, 9.17) is 11.6 Å². The summed E-state index contributed by atoms with van der Waals surface area (Å²) in [5.41, 5.74) is 0. The molecule has 15 heavy (non-hydrogen) atoms. The van der Waals surface area contributed by atoms with Crippen LogP contribution in [0.15, 0.2) is 0 Å². The molecule has 0 aliphatic carbocycles. The van der Waals surface area contributed by atoms with Gasteiger partial charge in [0.25, 0.3) is 0 Å². The molecule has 0 spiro atoms. The third-order valence-electron chi connectivity index (χ3n) is 1.57. The van der Waals surface area contributed by atoms with Gasteiger partial charge in [-0.25, -0.2) is 0 Å². The zero-order chi connectivity index (χ0) is 11.3. The fourth-order valence-electron chi connectivity index (χ4n) is 0.828. The van der Waals surface area contributed by atoms with Crippen LogP contribution < -0.4 is 10.6 Å². The van der Waals surface area contributed by atoms with Crippen LogP contribution in [0, 0.1) is 5.92 Å². The van der Waals surface area contributed by atoms with Crippen molar-refractivity contribution in [3.05, 3.63) is 5.15 Å². The molecule has 0 aromatic carbocycles. The Morgan fingerprint density at radius 2 is 2.27 bits per heavy atom. The lowest BCUT2D eigenvalue weighted by atomic mass is 10.2. The highest BCUT2D eigenvalue weighted by atomic mass is 35.5. The Hall–Kier alpha value is -0.880. The van der Waals surface area contributed by atoms with Crippen LogP contribution in [-0.4, -0.2) is 27.7 Å². The first-order valence-corrected chi connectivity index (χ1v) is 5.69. The monoisotopic (exact) mass is 248 g/mol. The van der Waals surface area contributed by atoms with Gasteiger partial charge in [-0.1, -0.05) is 25.4 Å². The highest BCUT2D eigenvalue weighted by Gasteiger charge is 2.07. The van der Waals surface area contributed by atoms with Crippen LogP contribution in [0.2, 0.25) is 5.15 Å². The second-order valence-corrected chi connectivity index (χ2v) is 4.34. The maximum Gasteiger partial charge on any atom is 0.239 e. The second-order valence-electron chi connectivity index (χ2n) is 3.46. The average molecular weight is 249 g/mol. The normalized spacial score (nSPS) is 10.4.